The average molecular weight is 312 g/mol. The van der Waals surface area contributed by atoms with Gasteiger partial charge in [0.1, 0.15) is 0 Å². The minimum atomic E-state index is 0.214. The minimum Gasteiger partial charge on any atom is -0.369 e. The Morgan fingerprint density at radius 2 is 1.95 bits per heavy atom. The Morgan fingerprint density at radius 3 is 2.65 bits per heavy atom. The second kappa shape index (κ2) is 4.81. The van der Waals surface area contributed by atoms with E-state index in [0.29, 0.717) is 22.0 Å². The van der Waals surface area contributed by atoms with Crippen molar-refractivity contribution in [2.75, 3.05) is 5.73 Å². The molecule has 5 heteroatoms. The molecular formula is C15H19Cl2N3. The molecule has 0 aliphatic heterocycles. The molecule has 1 saturated carbocycles. The van der Waals surface area contributed by atoms with Crippen LogP contribution in [-0.2, 0) is 0 Å². The molecule has 2 N–H and O–H groups in total. The van der Waals surface area contributed by atoms with E-state index in [2.05, 4.69) is 23.4 Å². The summed E-state index contributed by atoms with van der Waals surface area (Å²) in [5.74, 6) is 0.554. The molecule has 1 unspecified atom stereocenters. The average Bonchev–Trinajstić information content (AvgIpc) is 2.65. The predicted molar refractivity (Wildman–Crippen MR) is 85.5 cm³/mol. The fourth-order valence-corrected chi connectivity index (χ4v) is 3.71. The molecule has 1 aromatic carbocycles. The van der Waals surface area contributed by atoms with Crippen molar-refractivity contribution in [3.05, 3.63) is 22.2 Å². The van der Waals surface area contributed by atoms with Crippen LogP contribution >= 0.6 is 23.2 Å². The zero-order chi connectivity index (χ0) is 14.5. The quantitative estimate of drug-likeness (QED) is 0.799. The fraction of sp³-hybridized carbons (Fsp3) is 0.533. The second-order valence-corrected chi connectivity index (χ2v) is 7.16. The predicted octanol–water partition coefficient (Wildman–Crippen LogP) is 5.07. The van der Waals surface area contributed by atoms with E-state index < -0.39 is 0 Å². The van der Waals surface area contributed by atoms with Gasteiger partial charge in [0.25, 0.3) is 0 Å². The Labute approximate surface area is 129 Å². The van der Waals surface area contributed by atoms with Gasteiger partial charge in [-0.2, -0.15) is 0 Å². The highest BCUT2D eigenvalue weighted by atomic mass is 35.5. The summed E-state index contributed by atoms with van der Waals surface area (Å²) in [5.41, 5.74) is 8.19. The largest absolute Gasteiger partial charge is 0.369 e. The SMILES string of the molecule is CC1(C)CCCCC1n1c(N)nc2cc(Cl)c(Cl)cc21. The van der Waals surface area contributed by atoms with E-state index in [-0.39, 0.29) is 5.41 Å². The van der Waals surface area contributed by atoms with Crippen LogP contribution in [0.15, 0.2) is 12.1 Å². The van der Waals surface area contributed by atoms with Crippen LogP contribution in [-0.4, -0.2) is 9.55 Å². The van der Waals surface area contributed by atoms with Crippen molar-refractivity contribution in [3.63, 3.8) is 0 Å². The van der Waals surface area contributed by atoms with Gasteiger partial charge >= 0.3 is 0 Å². The van der Waals surface area contributed by atoms with Gasteiger partial charge in [-0.3, -0.25) is 0 Å². The van der Waals surface area contributed by atoms with E-state index in [1.54, 1.807) is 6.07 Å². The number of hydrogen-bond donors (Lipinski definition) is 1. The molecule has 1 atom stereocenters. The number of rotatable bonds is 1. The highest BCUT2D eigenvalue weighted by Gasteiger charge is 2.35. The molecule has 0 saturated heterocycles. The Bertz CT molecular complexity index is 661. The maximum absolute atomic E-state index is 6.17. The first-order valence-corrected chi connectivity index (χ1v) is 7.78. The fourth-order valence-electron chi connectivity index (χ4n) is 3.39. The van der Waals surface area contributed by atoms with Crippen LogP contribution in [0.3, 0.4) is 0 Å². The number of anilines is 1. The Hall–Kier alpha value is -0.930. The van der Waals surface area contributed by atoms with Gasteiger partial charge in [0.2, 0.25) is 5.95 Å². The van der Waals surface area contributed by atoms with Crippen molar-refractivity contribution in [2.45, 2.75) is 45.6 Å². The van der Waals surface area contributed by atoms with Crippen molar-refractivity contribution in [3.8, 4) is 0 Å². The molecule has 1 fully saturated rings. The first-order valence-electron chi connectivity index (χ1n) is 7.02. The molecule has 1 heterocycles. The van der Waals surface area contributed by atoms with E-state index in [1.165, 1.54) is 19.3 Å². The van der Waals surface area contributed by atoms with Crippen LogP contribution in [0.2, 0.25) is 10.0 Å². The van der Waals surface area contributed by atoms with E-state index in [4.69, 9.17) is 28.9 Å². The highest BCUT2D eigenvalue weighted by molar-refractivity contribution is 6.42. The van der Waals surface area contributed by atoms with E-state index >= 15 is 0 Å². The van der Waals surface area contributed by atoms with Crippen LogP contribution < -0.4 is 5.73 Å². The first kappa shape index (κ1) is 14.0. The number of aromatic nitrogens is 2. The monoisotopic (exact) mass is 311 g/mol. The lowest BCUT2D eigenvalue weighted by Crippen LogP contribution is -2.31. The van der Waals surface area contributed by atoms with Crippen LogP contribution in [0.1, 0.15) is 45.6 Å². The van der Waals surface area contributed by atoms with Crippen molar-refractivity contribution in [1.82, 2.24) is 9.55 Å². The molecule has 0 spiro atoms. The molecule has 3 rings (SSSR count). The van der Waals surface area contributed by atoms with Crippen LogP contribution in [0.25, 0.3) is 11.0 Å². The summed E-state index contributed by atoms with van der Waals surface area (Å²) in [5, 5.41) is 1.07. The zero-order valence-corrected chi connectivity index (χ0v) is 13.3. The molecule has 1 aromatic heterocycles. The van der Waals surface area contributed by atoms with Crippen LogP contribution in [0, 0.1) is 5.41 Å². The Balaban J connectivity index is 2.20. The number of hydrogen-bond acceptors (Lipinski definition) is 2. The summed E-state index contributed by atoms with van der Waals surface area (Å²) in [6.45, 7) is 4.61. The molecule has 20 heavy (non-hydrogen) atoms. The van der Waals surface area contributed by atoms with Gasteiger partial charge in [0.15, 0.2) is 0 Å². The molecular weight excluding hydrogens is 293 g/mol. The number of halogens is 2. The molecule has 1 aliphatic carbocycles. The van der Waals surface area contributed by atoms with E-state index in [9.17, 15) is 0 Å². The van der Waals surface area contributed by atoms with Crippen molar-refractivity contribution >= 4 is 40.2 Å². The number of nitrogens with zero attached hydrogens (tertiary/aromatic N) is 2. The van der Waals surface area contributed by atoms with Crippen LogP contribution in [0.4, 0.5) is 5.95 Å². The van der Waals surface area contributed by atoms with Gasteiger partial charge in [-0.15, -0.1) is 0 Å². The third kappa shape index (κ3) is 2.17. The summed E-state index contributed by atoms with van der Waals surface area (Å²) in [6.07, 6.45) is 4.85. The molecule has 0 amide bonds. The minimum absolute atomic E-state index is 0.214. The molecule has 108 valence electrons. The lowest BCUT2D eigenvalue weighted by molar-refractivity contribution is 0.149. The summed E-state index contributed by atoms with van der Waals surface area (Å²) < 4.78 is 2.15. The lowest BCUT2D eigenvalue weighted by Gasteiger charge is -2.40. The number of fused-ring (bicyclic) bond motifs is 1. The molecule has 1 aliphatic rings. The Kier molecular flexibility index (Phi) is 3.38. The maximum atomic E-state index is 6.17. The van der Waals surface area contributed by atoms with Gasteiger partial charge < -0.3 is 10.3 Å². The smallest absolute Gasteiger partial charge is 0.201 e. The summed E-state index contributed by atoms with van der Waals surface area (Å²) in [7, 11) is 0. The number of benzene rings is 1. The van der Waals surface area contributed by atoms with Gasteiger partial charge in [0.05, 0.1) is 21.1 Å². The lowest BCUT2D eigenvalue weighted by atomic mass is 9.73. The molecule has 0 radical (unpaired) electrons. The number of nitrogens with two attached hydrogens (primary N) is 1. The van der Waals surface area contributed by atoms with Crippen molar-refractivity contribution < 1.29 is 0 Å². The molecule has 3 nitrogen and oxygen atoms in total. The van der Waals surface area contributed by atoms with Crippen LogP contribution in [0.5, 0.6) is 0 Å². The normalized spacial score (nSPS) is 22.3. The second-order valence-electron chi connectivity index (χ2n) is 6.35. The van der Waals surface area contributed by atoms with Gasteiger partial charge in [0, 0.05) is 6.04 Å². The molecule has 2 aromatic rings. The summed E-state index contributed by atoms with van der Waals surface area (Å²) >= 11 is 12.2. The molecule has 0 bridgehead atoms. The van der Waals surface area contributed by atoms with Crippen molar-refractivity contribution in [2.24, 2.45) is 5.41 Å². The van der Waals surface area contributed by atoms with Gasteiger partial charge in [-0.05, 0) is 30.4 Å². The standard InChI is InChI=1S/C15H19Cl2N3/c1-15(2)6-4-3-5-13(15)20-12-8-10(17)9(16)7-11(12)19-14(20)18/h7-8,13H,3-6H2,1-2H3,(H2,18,19). The Morgan fingerprint density at radius 1 is 1.25 bits per heavy atom. The maximum Gasteiger partial charge on any atom is 0.201 e. The summed E-state index contributed by atoms with van der Waals surface area (Å²) in [6, 6.07) is 4.04. The third-order valence-electron chi connectivity index (χ3n) is 4.52. The zero-order valence-electron chi connectivity index (χ0n) is 11.8. The first-order chi connectivity index (χ1) is 9.40. The van der Waals surface area contributed by atoms with Gasteiger partial charge in [-0.1, -0.05) is 49.9 Å². The van der Waals surface area contributed by atoms with Gasteiger partial charge in [-0.25, -0.2) is 4.98 Å². The topological polar surface area (TPSA) is 43.8 Å². The van der Waals surface area contributed by atoms with Crippen molar-refractivity contribution in [1.29, 1.82) is 0 Å². The number of imidazole rings is 1. The van der Waals surface area contributed by atoms with E-state index in [0.717, 1.165) is 17.5 Å². The highest BCUT2D eigenvalue weighted by Crippen LogP contribution is 2.46. The summed E-state index contributed by atoms with van der Waals surface area (Å²) in [4.78, 5) is 4.45. The third-order valence-corrected chi connectivity index (χ3v) is 5.24. The number of nitrogen functional groups attached to an aromatic ring is 1. The van der Waals surface area contributed by atoms with E-state index in [1.807, 2.05) is 6.07 Å².